The van der Waals surface area contributed by atoms with E-state index in [1.165, 1.54) is 18.2 Å². The van der Waals surface area contributed by atoms with Crippen LogP contribution in [0.2, 0.25) is 0 Å². The van der Waals surface area contributed by atoms with E-state index in [0.29, 0.717) is 12.4 Å². The molecule has 0 bridgehead atoms. The largest absolute Gasteiger partial charge is 0.487 e. The highest BCUT2D eigenvalue weighted by atomic mass is 35.5. The minimum absolute atomic E-state index is 0.00817. The average molecular weight is 315 g/mol. The van der Waals surface area contributed by atoms with Crippen molar-refractivity contribution in [3.8, 4) is 5.75 Å². The average Bonchev–Trinajstić information content (AvgIpc) is 2.45. The molecule has 0 radical (unpaired) electrons. The van der Waals surface area contributed by atoms with Crippen molar-refractivity contribution in [1.29, 1.82) is 0 Å². The van der Waals surface area contributed by atoms with Gasteiger partial charge in [0.15, 0.2) is 0 Å². The van der Waals surface area contributed by atoms with Gasteiger partial charge in [0.2, 0.25) is 5.75 Å². The van der Waals surface area contributed by atoms with Crippen LogP contribution in [0, 0.1) is 15.5 Å². The van der Waals surface area contributed by atoms with E-state index in [1.807, 2.05) is 13.8 Å². The Morgan fingerprint density at radius 1 is 1.48 bits per heavy atom. The van der Waals surface area contributed by atoms with E-state index in [0.717, 1.165) is 0 Å². The molecule has 7 heteroatoms. The Hall–Kier alpha value is -1.82. The van der Waals surface area contributed by atoms with E-state index in [-0.39, 0.29) is 29.0 Å². The second kappa shape index (κ2) is 7.26. The van der Waals surface area contributed by atoms with Crippen LogP contribution < -0.4 is 10.1 Å². The molecule has 1 rings (SSSR count). The number of benzene rings is 1. The van der Waals surface area contributed by atoms with Gasteiger partial charge in [-0.05, 0) is 18.4 Å². The quantitative estimate of drug-likeness (QED) is 0.476. The molecule has 1 aromatic rings. The lowest BCUT2D eigenvalue weighted by Gasteiger charge is -2.22. The van der Waals surface area contributed by atoms with E-state index < -0.39 is 10.8 Å². The molecule has 0 heterocycles. The zero-order chi connectivity index (χ0) is 16.0. The fraction of sp³-hybridized carbons (Fsp3) is 0.500. The number of amides is 1. The number of nitro benzene ring substituents is 1. The number of para-hydroxylation sites is 1. The number of halogens is 1. The van der Waals surface area contributed by atoms with Crippen molar-refractivity contribution in [3.63, 3.8) is 0 Å². The van der Waals surface area contributed by atoms with E-state index in [4.69, 9.17) is 16.3 Å². The maximum absolute atomic E-state index is 12.2. The molecule has 0 saturated heterocycles. The first-order valence-electron chi connectivity index (χ1n) is 6.56. The predicted molar refractivity (Wildman–Crippen MR) is 81.1 cm³/mol. The number of carbonyl (C=O) groups is 1. The highest BCUT2D eigenvalue weighted by Gasteiger charge is 2.24. The standard InChI is InChI=1S/C14H19ClN2O4/c1-4-21-12-10(6-5-7-11(12)17(19)20)13(18)16-9-14(2,3)8-15/h5-7H,4,8-9H2,1-3H3,(H,16,18). The van der Waals surface area contributed by atoms with Crippen molar-refractivity contribution < 1.29 is 14.5 Å². The smallest absolute Gasteiger partial charge is 0.311 e. The van der Waals surface area contributed by atoms with Crippen LogP contribution in [-0.4, -0.2) is 29.9 Å². The van der Waals surface area contributed by atoms with Crippen molar-refractivity contribution in [2.24, 2.45) is 5.41 Å². The summed E-state index contributed by atoms with van der Waals surface area (Å²) in [6, 6.07) is 4.27. The molecule has 0 atom stereocenters. The Kier molecular flexibility index (Phi) is 5.96. The van der Waals surface area contributed by atoms with Gasteiger partial charge in [0, 0.05) is 18.5 Å². The Morgan fingerprint density at radius 2 is 2.14 bits per heavy atom. The molecule has 0 spiro atoms. The Labute approximate surface area is 128 Å². The fourth-order valence-electron chi connectivity index (χ4n) is 1.61. The van der Waals surface area contributed by atoms with Gasteiger partial charge >= 0.3 is 5.69 Å². The summed E-state index contributed by atoms with van der Waals surface area (Å²) in [4.78, 5) is 22.7. The number of carbonyl (C=O) groups excluding carboxylic acids is 1. The van der Waals surface area contributed by atoms with Crippen molar-refractivity contribution in [2.45, 2.75) is 20.8 Å². The van der Waals surface area contributed by atoms with Crippen LogP contribution in [0.25, 0.3) is 0 Å². The lowest BCUT2D eigenvalue weighted by atomic mass is 9.96. The number of alkyl halides is 1. The fourth-order valence-corrected chi connectivity index (χ4v) is 1.70. The van der Waals surface area contributed by atoms with E-state index in [1.54, 1.807) is 6.92 Å². The molecule has 116 valence electrons. The number of nitrogens with one attached hydrogen (secondary N) is 1. The summed E-state index contributed by atoms with van der Waals surface area (Å²) in [5.41, 5.74) is -0.332. The summed E-state index contributed by atoms with van der Waals surface area (Å²) < 4.78 is 5.28. The van der Waals surface area contributed by atoms with E-state index >= 15 is 0 Å². The summed E-state index contributed by atoms with van der Waals surface area (Å²) >= 11 is 5.81. The van der Waals surface area contributed by atoms with Gasteiger partial charge in [-0.3, -0.25) is 14.9 Å². The number of nitro groups is 1. The number of rotatable bonds is 7. The summed E-state index contributed by atoms with van der Waals surface area (Å²) in [5.74, 6) is -0.0351. The number of hydrogen-bond donors (Lipinski definition) is 1. The first-order chi connectivity index (χ1) is 9.82. The number of ether oxygens (including phenoxy) is 1. The normalized spacial score (nSPS) is 11.0. The van der Waals surface area contributed by atoms with E-state index in [9.17, 15) is 14.9 Å². The van der Waals surface area contributed by atoms with Crippen molar-refractivity contribution in [2.75, 3.05) is 19.0 Å². The van der Waals surface area contributed by atoms with Crippen LogP contribution in [-0.2, 0) is 0 Å². The monoisotopic (exact) mass is 314 g/mol. The third-order valence-corrected chi connectivity index (χ3v) is 3.54. The summed E-state index contributed by atoms with van der Waals surface area (Å²) in [7, 11) is 0. The third kappa shape index (κ3) is 4.60. The van der Waals surface area contributed by atoms with Crippen LogP contribution in [0.4, 0.5) is 5.69 Å². The first kappa shape index (κ1) is 17.2. The van der Waals surface area contributed by atoms with Gasteiger partial charge in [0.25, 0.3) is 5.91 Å². The third-order valence-electron chi connectivity index (χ3n) is 2.81. The lowest BCUT2D eigenvalue weighted by molar-refractivity contribution is -0.385. The molecule has 1 amide bonds. The summed E-state index contributed by atoms with van der Waals surface area (Å²) in [6.45, 7) is 6.13. The second-order valence-corrected chi connectivity index (χ2v) is 5.59. The molecule has 0 saturated carbocycles. The lowest BCUT2D eigenvalue weighted by Crippen LogP contribution is -2.35. The van der Waals surface area contributed by atoms with Crippen LogP contribution in [0.1, 0.15) is 31.1 Å². The van der Waals surface area contributed by atoms with Crippen LogP contribution >= 0.6 is 11.6 Å². The molecule has 0 aromatic heterocycles. The Morgan fingerprint density at radius 3 is 2.67 bits per heavy atom. The predicted octanol–water partition coefficient (Wildman–Crippen LogP) is 2.99. The van der Waals surface area contributed by atoms with Crippen LogP contribution in [0.15, 0.2) is 18.2 Å². The zero-order valence-electron chi connectivity index (χ0n) is 12.3. The molecular formula is C14H19ClN2O4. The van der Waals surface area contributed by atoms with Gasteiger partial charge in [0.05, 0.1) is 17.1 Å². The number of hydrogen-bond acceptors (Lipinski definition) is 4. The second-order valence-electron chi connectivity index (χ2n) is 5.32. The molecule has 0 unspecified atom stereocenters. The summed E-state index contributed by atoms with van der Waals surface area (Å²) in [6.07, 6.45) is 0. The van der Waals surface area contributed by atoms with Crippen LogP contribution in [0.3, 0.4) is 0 Å². The molecule has 0 fully saturated rings. The molecule has 0 aliphatic rings. The topological polar surface area (TPSA) is 81.5 Å². The molecule has 0 aliphatic carbocycles. The van der Waals surface area contributed by atoms with Crippen molar-refractivity contribution in [1.82, 2.24) is 5.32 Å². The highest BCUT2D eigenvalue weighted by molar-refractivity contribution is 6.18. The molecule has 0 aliphatic heterocycles. The zero-order valence-corrected chi connectivity index (χ0v) is 13.1. The maximum atomic E-state index is 12.2. The van der Waals surface area contributed by atoms with Gasteiger partial charge in [-0.15, -0.1) is 11.6 Å². The summed E-state index contributed by atoms with van der Waals surface area (Å²) in [5, 5.41) is 13.7. The Balaban J connectivity index is 3.03. The Bertz CT molecular complexity index is 532. The van der Waals surface area contributed by atoms with Crippen molar-refractivity contribution >= 4 is 23.2 Å². The molecular weight excluding hydrogens is 296 g/mol. The van der Waals surface area contributed by atoms with Gasteiger partial charge in [-0.2, -0.15) is 0 Å². The SMILES string of the molecule is CCOc1c(C(=O)NCC(C)(C)CCl)cccc1[N+](=O)[O-]. The van der Waals surface area contributed by atoms with Gasteiger partial charge in [0.1, 0.15) is 0 Å². The van der Waals surface area contributed by atoms with Crippen LogP contribution in [0.5, 0.6) is 5.75 Å². The van der Waals surface area contributed by atoms with Crippen molar-refractivity contribution in [3.05, 3.63) is 33.9 Å². The first-order valence-corrected chi connectivity index (χ1v) is 7.10. The highest BCUT2D eigenvalue weighted by Crippen LogP contribution is 2.31. The van der Waals surface area contributed by atoms with E-state index in [2.05, 4.69) is 5.32 Å². The molecule has 1 N–H and O–H groups in total. The minimum Gasteiger partial charge on any atom is -0.487 e. The molecule has 1 aromatic carbocycles. The number of nitrogens with zero attached hydrogens (tertiary/aromatic N) is 1. The minimum atomic E-state index is -0.565. The molecule has 6 nitrogen and oxygen atoms in total. The maximum Gasteiger partial charge on any atom is 0.311 e. The van der Waals surface area contributed by atoms with Gasteiger partial charge < -0.3 is 10.1 Å². The van der Waals surface area contributed by atoms with Gasteiger partial charge in [-0.1, -0.05) is 19.9 Å². The molecule has 21 heavy (non-hydrogen) atoms. The van der Waals surface area contributed by atoms with Gasteiger partial charge in [-0.25, -0.2) is 0 Å².